The van der Waals surface area contributed by atoms with Crippen molar-refractivity contribution in [1.82, 2.24) is 20.6 Å². The second kappa shape index (κ2) is 6.27. The first-order chi connectivity index (χ1) is 7.59. The number of amides is 1. The fourth-order valence-electron chi connectivity index (χ4n) is 1.37. The van der Waals surface area contributed by atoms with Crippen molar-refractivity contribution in [2.45, 2.75) is 39.8 Å². The lowest BCUT2D eigenvalue weighted by molar-refractivity contribution is -0.121. The summed E-state index contributed by atoms with van der Waals surface area (Å²) >= 11 is 0. The Morgan fingerprint density at radius 2 is 2.31 bits per heavy atom. The van der Waals surface area contributed by atoms with E-state index in [0.717, 1.165) is 11.4 Å². The molecule has 0 aliphatic carbocycles. The Balaban J connectivity index is 2.13. The Morgan fingerprint density at radius 3 is 2.88 bits per heavy atom. The zero-order chi connectivity index (χ0) is 12.0. The molecule has 1 aromatic rings. The molecule has 5 heteroatoms. The van der Waals surface area contributed by atoms with Gasteiger partial charge in [-0.1, -0.05) is 0 Å². The number of imidazole rings is 1. The molecule has 1 heterocycles. The number of aryl methyl sites for hydroxylation is 1. The number of aromatic amines is 1. The van der Waals surface area contributed by atoms with Gasteiger partial charge in [0.15, 0.2) is 0 Å². The van der Waals surface area contributed by atoms with Crippen molar-refractivity contribution in [2.24, 2.45) is 0 Å². The molecule has 90 valence electrons. The quantitative estimate of drug-likeness (QED) is 0.624. The van der Waals surface area contributed by atoms with E-state index in [-0.39, 0.29) is 11.9 Å². The van der Waals surface area contributed by atoms with Crippen LogP contribution >= 0.6 is 0 Å². The molecule has 0 saturated heterocycles. The molecule has 0 aliphatic rings. The first-order valence-electron chi connectivity index (χ1n) is 5.58. The first-order valence-corrected chi connectivity index (χ1v) is 5.58. The summed E-state index contributed by atoms with van der Waals surface area (Å²) in [6.45, 7) is 7.27. The molecule has 1 aromatic heterocycles. The third kappa shape index (κ3) is 4.44. The monoisotopic (exact) mass is 224 g/mol. The third-order valence-corrected chi connectivity index (χ3v) is 2.21. The van der Waals surface area contributed by atoms with Crippen LogP contribution in [0.25, 0.3) is 0 Å². The highest BCUT2D eigenvalue weighted by Gasteiger charge is 2.03. The van der Waals surface area contributed by atoms with Crippen LogP contribution in [0.4, 0.5) is 0 Å². The minimum Gasteiger partial charge on any atom is -0.354 e. The van der Waals surface area contributed by atoms with E-state index in [0.29, 0.717) is 19.5 Å². The average molecular weight is 224 g/mol. The summed E-state index contributed by atoms with van der Waals surface area (Å²) in [6.07, 6.45) is 2.18. The summed E-state index contributed by atoms with van der Waals surface area (Å²) in [6, 6.07) is 0.209. The van der Waals surface area contributed by atoms with Crippen LogP contribution in [-0.2, 0) is 11.3 Å². The first kappa shape index (κ1) is 12.7. The van der Waals surface area contributed by atoms with E-state index in [9.17, 15) is 4.79 Å². The van der Waals surface area contributed by atoms with Crippen molar-refractivity contribution in [3.63, 3.8) is 0 Å². The maximum Gasteiger partial charge on any atom is 0.221 e. The fraction of sp³-hybridized carbons (Fsp3) is 0.636. The van der Waals surface area contributed by atoms with Crippen LogP contribution < -0.4 is 10.6 Å². The molecule has 5 nitrogen and oxygen atoms in total. The highest BCUT2D eigenvalue weighted by atomic mass is 16.1. The zero-order valence-electron chi connectivity index (χ0n) is 10.1. The molecule has 0 spiro atoms. The summed E-state index contributed by atoms with van der Waals surface area (Å²) in [5.41, 5.74) is 2.07. The van der Waals surface area contributed by atoms with E-state index in [1.807, 2.05) is 20.8 Å². The highest BCUT2D eigenvalue weighted by Crippen LogP contribution is 1.98. The number of hydrogen-bond acceptors (Lipinski definition) is 3. The van der Waals surface area contributed by atoms with Gasteiger partial charge in [0.2, 0.25) is 5.91 Å². The van der Waals surface area contributed by atoms with Gasteiger partial charge in [0.05, 0.1) is 12.0 Å². The van der Waals surface area contributed by atoms with Gasteiger partial charge in [-0.25, -0.2) is 4.98 Å². The van der Waals surface area contributed by atoms with Crippen LogP contribution in [0.2, 0.25) is 0 Å². The Labute approximate surface area is 96.0 Å². The van der Waals surface area contributed by atoms with Gasteiger partial charge in [-0.05, 0) is 20.8 Å². The normalized spacial score (nSPS) is 10.8. The predicted molar refractivity (Wildman–Crippen MR) is 62.9 cm³/mol. The topological polar surface area (TPSA) is 69.8 Å². The van der Waals surface area contributed by atoms with Crippen molar-refractivity contribution in [3.8, 4) is 0 Å². The zero-order valence-corrected chi connectivity index (χ0v) is 10.1. The Hall–Kier alpha value is -1.36. The van der Waals surface area contributed by atoms with Gasteiger partial charge in [-0.15, -0.1) is 0 Å². The molecule has 1 amide bonds. The summed E-state index contributed by atoms with van der Waals surface area (Å²) < 4.78 is 0. The summed E-state index contributed by atoms with van der Waals surface area (Å²) in [5.74, 6) is 0.0845. The second-order valence-electron chi connectivity index (χ2n) is 4.12. The molecule has 16 heavy (non-hydrogen) atoms. The molecule has 0 atom stereocenters. The fourth-order valence-corrected chi connectivity index (χ4v) is 1.37. The third-order valence-electron chi connectivity index (χ3n) is 2.21. The molecular weight excluding hydrogens is 204 g/mol. The van der Waals surface area contributed by atoms with Crippen molar-refractivity contribution in [2.75, 3.05) is 6.54 Å². The van der Waals surface area contributed by atoms with Crippen LogP contribution in [0.3, 0.4) is 0 Å². The van der Waals surface area contributed by atoms with E-state index >= 15 is 0 Å². The highest BCUT2D eigenvalue weighted by molar-refractivity contribution is 5.76. The van der Waals surface area contributed by atoms with Crippen LogP contribution in [0.1, 0.15) is 31.7 Å². The minimum absolute atomic E-state index is 0.0845. The van der Waals surface area contributed by atoms with Crippen molar-refractivity contribution < 1.29 is 4.79 Å². The van der Waals surface area contributed by atoms with E-state index in [1.165, 1.54) is 0 Å². The maximum absolute atomic E-state index is 11.3. The van der Waals surface area contributed by atoms with Gasteiger partial charge >= 0.3 is 0 Å². The van der Waals surface area contributed by atoms with Crippen LogP contribution in [0.15, 0.2) is 6.33 Å². The number of carbonyl (C=O) groups excluding carboxylic acids is 1. The van der Waals surface area contributed by atoms with Crippen molar-refractivity contribution in [1.29, 1.82) is 0 Å². The summed E-state index contributed by atoms with van der Waals surface area (Å²) in [5, 5.41) is 6.04. The predicted octanol–water partition coefficient (Wildman–Crippen LogP) is 0.722. The number of H-pyrrole nitrogens is 1. The maximum atomic E-state index is 11.3. The molecule has 0 radical (unpaired) electrons. The molecule has 0 bridgehead atoms. The molecule has 0 saturated carbocycles. The van der Waals surface area contributed by atoms with Crippen LogP contribution in [0, 0.1) is 6.92 Å². The van der Waals surface area contributed by atoms with Crippen LogP contribution in [-0.4, -0.2) is 28.5 Å². The lowest BCUT2D eigenvalue weighted by atomic mass is 10.3. The number of carbonyl (C=O) groups is 1. The smallest absolute Gasteiger partial charge is 0.221 e. The molecule has 0 aliphatic heterocycles. The van der Waals surface area contributed by atoms with Gasteiger partial charge in [0, 0.05) is 31.2 Å². The SMILES string of the molecule is Cc1[nH]cnc1CNCCC(=O)NC(C)C. The molecule has 0 unspecified atom stereocenters. The molecule has 1 rings (SSSR count). The molecule has 0 fully saturated rings. The molecular formula is C11H20N4O. The van der Waals surface area contributed by atoms with E-state index < -0.39 is 0 Å². The van der Waals surface area contributed by atoms with Crippen molar-refractivity contribution >= 4 is 5.91 Å². The number of rotatable bonds is 6. The lowest BCUT2D eigenvalue weighted by Crippen LogP contribution is -2.32. The lowest BCUT2D eigenvalue weighted by Gasteiger charge is -2.08. The number of nitrogens with one attached hydrogen (secondary N) is 3. The standard InChI is InChI=1S/C11H20N4O/c1-8(2)15-11(16)4-5-12-6-10-9(3)13-7-14-10/h7-8,12H,4-6H2,1-3H3,(H,13,14)(H,15,16). The number of nitrogens with zero attached hydrogens (tertiary/aromatic N) is 1. The van der Waals surface area contributed by atoms with E-state index in [2.05, 4.69) is 20.6 Å². The number of aromatic nitrogens is 2. The van der Waals surface area contributed by atoms with Gasteiger partial charge in [-0.3, -0.25) is 4.79 Å². The van der Waals surface area contributed by atoms with E-state index in [4.69, 9.17) is 0 Å². The average Bonchev–Trinajstić information content (AvgIpc) is 2.58. The van der Waals surface area contributed by atoms with Crippen LogP contribution in [0.5, 0.6) is 0 Å². The molecule has 3 N–H and O–H groups in total. The van der Waals surface area contributed by atoms with Gasteiger partial charge in [-0.2, -0.15) is 0 Å². The summed E-state index contributed by atoms with van der Waals surface area (Å²) in [4.78, 5) is 18.5. The largest absolute Gasteiger partial charge is 0.354 e. The Bertz CT molecular complexity index is 332. The van der Waals surface area contributed by atoms with Gasteiger partial charge in [0.25, 0.3) is 0 Å². The van der Waals surface area contributed by atoms with E-state index in [1.54, 1.807) is 6.33 Å². The van der Waals surface area contributed by atoms with Crippen molar-refractivity contribution in [3.05, 3.63) is 17.7 Å². The Kier molecular flexibility index (Phi) is 4.98. The molecule has 0 aromatic carbocycles. The van der Waals surface area contributed by atoms with Gasteiger partial charge in [0.1, 0.15) is 0 Å². The minimum atomic E-state index is 0.0845. The van der Waals surface area contributed by atoms with Gasteiger partial charge < -0.3 is 15.6 Å². The number of hydrogen-bond donors (Lipinski definition) is 3. The summed E-state index contributed by atoms with van der Waals surface area (Å²) in [7, 11) is 0. The second-order valence-corrected chi connectivity index (χ2v) is 4.12. The Morgan fingerprint density at radius 1 is 1.56 bits per heavy atom.